The lowest BCUT2D eigenvalue weighted by atomic mass is 10.0. The lowest BCUT2D eigenvalue weighted by molar-refractivity contribution is -0.121. The van der Waals surface area contributed by atoms with Gasteiger partial charge in [0, 0.05) is 32.2 Å². The maximum Gasteiger partial charge on any atom is 0.239 e. The average molecular weight is 439 g/mol. The van der Waals surface area contributed by atoms with Crippen molar-refractivity contribution in [3.05, 3.63) is 0 Å². The van der Waals surface area contributed by atoms with Crippen molar-refractivity contribution in [3.63, 3.8) is 0 Å². The lowest BCUT2D eigenvalue weighted by Gasteiger charge is -2.30. The highest BCUT2D eigenvalue weighted by molar-refractivity contribution is 14.0. The Labute approximate surface area is 158 Å². The summed E-state index contributed by atoms with van der Waals surface area (Å²) in [6.45, 7) is 12.7. The van der Waals surface area contributed by atoms with Crippen molar-refractivity contribution < 1.29 is 4.79 Å². The maximum atomic E-state index is 11.8. The molecule has 0 aliphatic carbocycles. The summed E-state index contributed by atoms with van der Waals surface area (Å²) < 4.78 is 0. The van der Waals surface area contributed by atoms with E-state index in [0.717, 1.165) is 19.0 Å². The Hall–Kier alpha value is -0.570. The van der Waals surface area contributed by atoms with Gasteiger partial charge in [-0.15, -0.1) is 24.0 Å². The van der Waals surface area contributed by atoms with Crippen molar-refractivity contribution in [1.29, 1.82) is 0 Å². The minimum atomic E-state index is -0.208. The SMILES string of the molecule is CN=C(NCCN1CCCC(C)C1)NCC(=O)NC(C)(C)C.I. The fourth-order valence-corrected chi connectivity index (χ4v) is 2.67. The number of likely N-dealkylation sites (tertiary alicyclic amines) is 1. The normalized spacial score (nSPS) is 19.7. The highest BCUT2D eigenvalue weighted by atomic mass is 127. The molecule has 1 atom stereocenters. The molecular weight excluding hydrogens is 405 g/mol. The Morgan fingerprint density at radius 1 is 1.30 bits per heavy atom. The van der Waals surface area contributed by atoms with E-state index in [9.17, 15) is 4.79 Å². The van der Waals surface area contributed by atoms with Gasteiger partial charge in [0.15, 0.2) is 5.96 Å². The number of halogens is 1. The number of carbonyl (C=O) groups is 1. The van der Waals surface area contributed by atoms with E-state index < -0.39 is 0 Å². The highest BCUT2D eigenvalue weighted by Gasteiger charge is 2.16. The van der Waals surface area contributed by atoms with E-state index in [2.05, 4.69) is 32.8 Å². The molecule has 0 spiro atoms. The van der Waals surface area contributed by atoms with Gasteiger partial charge in [0.25, 0.3) is 0 Å². The zero-order valence-electron chi connectivity index (χ0n) is 15.2. The van der Waals surface area contributed by atoms with Gasteiger partial charge in [-0.25, -0.2) is 0 Å². The molecule has 1 aliphatic heterocycles. The molecule has 7 heteroatoms. The van der Waals surface area contributed by atoms with Gasteiger partial charge in [-0.1, -0.05) is 6.92 Å². The van der Waals surface area contributed by atoms with Crippen LogP contribution in [0.25, 0.3) is 0 Å². The van der Waals surface area contributed by atoms with Crippen LogP contribution < -0.4 is 16.0 Å². The molecule has 0 aromatic carbocycles. The molecule has 0 aromatic rings. The van der Waals surface area contributed by atoms with Crippen LogP contribution in [0.4, 0.5) is 0 Å². The monoisotopic (exact) mass is 439 g/mol. The first-order valence-electron chi connectivity index (χ1n) is 8.28. The molecule has 1 amide bonds. The third-order valence-electron chi connectivity index (χ3n) is 3.62. The van der Waals surface area contributed by atoms with Crippen LogP contribution in [0.5, 0.6) is 0 Å². The van der Waals surface area contributed by atoms with Crippen molar-refractivity contribution in [2.24, 2.45) is 10.9 Å². The topological polar surface area (TPSA) is 68.8 Å². The summed E-state index contributed by atoms with van der Waals surface area (Å²) in [5.74, 6) is 1.45. The molecular formula is C16H34IN5O. The van der Waals surface area contributed by atoms with Crippen LogP contribution in [-0.4, -0.2) is 62.1 Å². The van der Waals surface area contributed by atoms with Crippen LogP contribution in [0.3, 0.4) is 0 Å². The van der Waals surface area contributed by atoms with Crippen LogP contribution in [0.15, 0.2) is 4.99 Å². The van der Waals surface area contributed by atoms with E-state index in [0.29, 0.717) is 5.96 Å². The van der Waals surface area contributed by atoms with E-state index in [1.807, 2.05) is 20.8 Å². The summed E-state index contributed by atoms with van der Waals surface area (Å²) >= 11 is 0. The first-order chi connectivity index (χ1) is 10.3. The minimum absolute atomic E-state index is 0. The molecule has 3 N–H and O–H groups in total. The molecule has 23 heavy (non-hydrogen) atoms. The molecule has 0 radical (unpaired) electrons. The van der Waals surface area contributed by atoms with E-state index in [-0.39, 0.29) is 42.0 Å². The number of piperidine rings is 1. The number of rotatable bonds is 5. The first kappa shape index (κ1) is 22.4. The zero-order chi connectivity index (χ0) is 16.6. The molecule has 6 nitrogen and oxygen atoms in total. The molecule has 1 fully saturated rings. The van der Waals surface area contributed by atoms with Gasteiger partial charge < -0.3 is 20.9 Å². The van der Waals surface area contributed by atoms with Crippen LogP contribution in [0, 0.1) is 5.92 Å². The number of guanidine groups is 1. The zero-order valence-corrected chi connectivity index (χ0v) is 17.6. The summed E-state index contributed by atoms with van der Waals surface area (Å²) in [7, 11) is 1.72. The average Bonchev–Trinajstić information content (AvgIpc) is 2.40. The van der Waals surface area contributed by atoms with E-state index in [4.69, 9.17) is 0 Å². The predicted molar refractivity (Wildman–Crippen MR) is 108 cm³/mol. The molecule has 1 unspecified atom stereocenters. The van der Waals surface area contributed by atoms with Crippen LogP contribution in [0.2, 0.25) is 0 Å². The van der Waals surface area contributed by atoms with E-state index >= 15 is 0 Å². The number of aliphatic imine (C=N–C) groups is 1. The second kappa shape index (κ2) is 11.1. The number of hydrogen-bond acceptors (Lipinski definition) is 3. The van der Waals surface area contributed by atoms with E-state index in [1.54, 1.807) is 7.05 Å². The Morgan fingerprint density at radius 3 is 2.57 bits per heavy atom. The second-order valence-electron chi connectivity index (χ2n) is 7.20. The van der Waals surface area contributed by atoms with Crippen LogP contribution >= 0.6 is 24.0 Å². The van der Waals surface area contributed by atoms with Crippen molar-refractivity contribution in [2.75, 3.05) is 39.8 Å². The molecule has 136 valence electrons. The Kier molecular flexibility index (Phi) is 10.8. The smallest absolute Gasteiger partial charge is 0.239 e. The van der Waals surface area contributed by atoms with Gasteiger partial charge in [0.05, 0.1) is 6.54 Å². The molecule has 0 aromatic heterocycles. The Bertz CT molecular complexity index is 381. The maximum absolute atomic E-state index is 11.8. The summed E-state index contributed by atoms with van der Waals surface area (Å²) in [4.78, 5) is 18.4. The standard InChI is InChI=1S/C16H33N5O.HI/c1-13-7-6-9-21(12-13)10-8-18-15(17-5)19-11-14(22)20-16(2,3)4;/h13H,6-12H2,1-5H3,(H,20,22)(H2,17,18,19);1H. The van der Waals surface area contributed by atoms with Crippen molar-refractivity contribution in [2.45, 2.75) is 46.1 Å². The van der Waals surface area contributed by atoms with Crippen molar-refractivity contribution >= 4 is 35.8 Å². The summed E-state index contributed by atoms with van der Waals surface area (Å²) in [6, 6.07) is 0. The number of carbonyl (C=O) groups excluding carboxylic acids is 1. The molecule has 1 saturated heterocycles. The quantitative estimate of drug-likeness (QED) is 0.344. The number of hydrogen-bond donors (Lipinski definition) is 3. The fourth-order valence-electron chi connectivity index (χ4n) is 2.67. The minimum Gasteiger partial charge on any atom is -0.355 e. The molecule has 1 rings (SSSR count). The van der Waals surface area contributed by atoms with Gasteiger partial charge in [0.1, 0.15) is 0 Å². The lowest BCUT2D eigenvalue weighted by Crippen LogP contribution is -2.49. The summed E-state index contributed by atoms with van der Waals surface area (Å²) in [5, 5.41) is 9.23. The van der Waals surface area contributed by atoms with Crippen molar-refractivity contribution in [3.8, 4) is 0 Å². The Morgan fingerprint density at radius 2 is 2.00 bits per heavy atom. The van der Waals surface area contributed by atoms with Crippen molar-refractivity contribution in [1.82, 2.24) is 20.9 Å². The number of nitrogens with zero attached hydrogens (tertiary/aromatic N) is 2. The number of nitrogens with one attached hydrogen (secondary N) is 3. The van der Waals surface area contributed by atoms with Crippen LogP contribution in [0.1, 0.15) is 40.5 Å². The number of amides is 1. The van der Waals surface area contributed by atoms with E-state index in [1.165, 1.54) is 25.9 Å². The molecule has 0 saturated carbocycles. The highest BCUT2D eigenvalue weighted by Crippen LogP contribution is 2.14. The first-order valence-corrected chi connectivity index (χ1v) is 8.28. The van der Waals surface area contributed by atoms with Gasteiger partial charge in [-0.2, -0.15) is 0 Å². The summed E-state index contributed by atoms with van der Waals surface area (Å²) in [6.07, 6.45) is 2.64. The molecule has 1 heterocycles. The predicted octanol–water partition coefficient (Wildman–Crippen LogP) is 1.42. The van der Waals surface area contributed by atoms with Gasteiger partial charge >= 0.3 is 0 Å². The third-order valence-corrected chi connectivity index (χ3v) is 3.62. The van der Waals surface area contributed by atoms with Gasteiger partial charge in [0.2, 0.25) is 5.91 Å². The van der Waals surface area contributed by atoms with Gasteiger partial charge in [-0.05, 0) is 46.1 Å². The third kappa shape index (κ3) is 10.8. The summed E-state index contributed by atoms with van der Waals surface area (Å²) in [5.41, 5.74) is -0.208. The van der Waals surface area contributed by atoms with Gasteiger partial charge in [-0.3, -0.25) is 9.79 Å². The second-order valence-corrected chi connectivity index (χ2v) is 7.20. The largest absolute Gasteiger partial charge is 0.355 e. The molecule has 1 aliphatic rings. The van der Waals surface area contributed by atoms with Crippen LogP contribution in [-0.2, 0) is 4.79 Å². The Balaban J connectivity index is 0.00000484. The fraction of sp³-hybridized carbons (Fsp3) is 0.875. The molecule has 0 bridgehead atoms.